The van der Waals surface area contributed by atoms with Crippen molar-refractivity contribution in [1.82, 2.24) is 10.2 Å². The molecule has 9 heteroatoms. The molecule has 2 aromatic carbocycles. The number of hydrogen-bond acceptors (Lipinski definition) is 6. The molecule has 3 rings (SSSR count). The molecule has 2 N–H and O–H groups in total. The van der Waals surface area contributed by atoms with E-state index in [-0.39, 0.29) is 24.8 Å². The summed E-state index contributed by atoms with van der Waals surface area (Å²) < 4.78 is 12.3. The maximum atomic E-state index is 12.8. The Bertz CT molecular complexity index is 1140. The van der Waals surface area contributed by atoms with Crippen molar-refractivity contribution in [2.75, 3.05) is 26.2 Å². The standard InChI is InChI=1S/C29H40N2O5.C5H9NO/c1-3-4-16-30-29(34)31(20-23-11-6-5-7-12-23)17-18-35-25-14-9-15-26(19-25)36-21-24-13-8-10-22(2)27(24)28(32)33;1-2-3-4-6-5-7/h5-8,10-13,25-26H,3-4,9,14-21H2,1-2H3,(H,30,34)(H,32,33);2-4H2,1H3/t25-,26+;/m1./s1. The molecule has 0 unspecified atom stereocenters. The summed E-state index contributed by atoms with van der Waals surface area (Å²) in [5, 5.41) is 12.6. The number of aromatic carboxylic acids is 1. The first-order valence-electron chi connectivity index (χ1n) is 15.5. The molecular weight excluding hydrogens is 546 g/mol. The Kier molecular flexibility index (Phi) is 17.6. The minimum Gasteiger partial charge on any atom is -0.478 e. The number of rotatable bonds is 16. The highest BCUT2D eigenvalue weighted by Gasteiger charge is 2.24. The number of benzene rings is 2. The number of nitrogens with zero attached hydrogens (tertiary/aromatic N) is 2. The Morgan fingerprint density at radius 3 is 2.42 bits per heavy atom. The van der Waals surface area contributed by atoms with Crippen LogP contribution in [0.25, 0.3) is 0 Å². The predicted octanol–water partition coefficient (Wildman–Crippen LogP) is 6.67. The van der Waals surface area contributed by atoms with Crippen LogP contribution in [0.4, 0.5) is 4.79 Å². The molecule has 0 bridgehead atoms. The lowest BCUT2D eigenvalue weighted by atomic mass is 9.94. The minimum atomic E-state index is -0.921. The average Bonchev–Trinajstić information content (AvgIpc) is 3.01. The van der Waals surface area contributed by atoms with Crippen LogP contribution in [0, 0.1) is 6.92 Å². The second-order valence-corrected chi connectivity index (χ2v) is 10.8. The van der Waals surface area contributed by atoms with Crippen LogP contribution in [0.3, 0.4) is 0 Å². The van der Waals surface area contributed by atoms with E-state index in [4.69, 9.17) is 9.47 Å². The topological polar surface area (TPSA) is 118 Å². The van der Waals surface area contributed by atoms with Crippen LogP contribution in [0.1, 0.15) is 92.3 Å². The molecule has 2 aromatic rings. The molecule has 2 amide bonds. The van der Waals surface area contributed by atoms with Gasteiger partial charge in [-0.15, -0.1) is 0 Å². The molecule has 1 aliphatic carbocycles. The molecule has 2 atom stereocenters. The third kappa shape index (κ3) is 14.0. The summed E-state index contributed by atoms with van der Waals surface area (Å²) in [5.41, 5.74) is 2.87. The summed E-state index contributed by atoms with van der Waals surface area (Å²) in [6.45, 7) is 9.09. The number of unbranched alkanes of at least 4 members (excludes halogenated alkanes) is 2. The lowest BCUT2D eigenvalue weighted by Gasteiger charge is -2.30. The van der Waals surface area contributed by atoms with E-state index in [0.717, 1.165) is 62.5 Å². The van der Waals surface area contributed by atoms with Gasteiger partial charge in [-0.25, -0.2) is 19.4 Å². The van der Waals surface area contributed by atoms with Gasteiger partial charge in [0.2, 0.25) is 6.08 Å². The van der Waals surface area contributed by atoms with Gasteiger partial charge in [-0.3, -0.25) is 0 Å². The molecule has 1 aliphatic rings. The molecule has 9 nitrogen and oxygen atoms in total. The lowest BCUT2D eigenvalue weighted by molar-refractivity contribution is -0.0526. The van der Waals surface area contributed by atoms with E-state index in [1.807, 2.05) is 60.4 Å². The molecule has 0 spiro atoms. The second-order valence-electron chi connectivity index (χ2n) is 10.8. The number of carboxylic acids is 1. The van der Waals surface area contributed by atoms with Gasteiger partial charge in [-0.2, -0.15) is 0 Å². The van der Waals surface area contributed by atoms with Gasteiger partial charge in [0.1, 0.15) is 0 Å². The number of carbonyl (C=O) groups is 2. The minimum absolute atomic E-state index is 0.0312. The Hall–Kier alpha value is -3.52. The maximum absolute atomic E-state index is 12.8. The van der Waals surface area contributed by atoms with Gasteiger partial charge in [0.05, 0.1) is 37.5 Å². The smallest absolute Gasteiger partial charge is 0.336 e. The monoisotopic (exact) mass is 595 g/mol. The summed E-state index contributed by atoms with van der Waals surface area (Å²) in [6.07, 6.45) is 9.34. The number of nitrogens with one attached hydrogen (secondary N) is 1. The fourth-order valence-electron chi connectivity index (χ4n) is 4.92. The summed E-state index contributed by atoms with van der Waals surface area (Å²) in [5.74, 6) is -0.921. The van der Waals surface area contributed by atoms with Crippen molar-refractivity contribution in [2.45, 2.75) is 97.5 Å². The van der Waals surface area contributed by atoms with Crippen LogP contribution in [0.15, 0.2) is 53.5 Å². The quantitative estimate of drug-likeness (QED) is 0.127. The van der Waals surface area contributed by atoms with Crippen LogP contribution >= 0.6 is 0 Å². The number of aliphatic imine (C=N–C) groups is 1. The summed E-state index contributed by atoms with van der Waals surface area (Å²) >= 11 is 0. The number of amides is 2. The number of ether oxygens (including phenoxy) is 2. The van der Waals surface area contributed by atoms with Crippen LogP contribution in [0.2, 0.25) is 0 Å². The second kappa shape index (κ2) is 21.2. The van der Waals surface area contributed by atoms with Gasteiger partial charge in [-0.1, -0.05) is 75.2 Å². The molecule has 1 saturated carbocycles. The Labute approximate surface area is 256 Å². The van der Waals surface area contributed by atoms with E-state index >= 15 is 0 Å². The largest absolute Gasteiger partial charge is 0.478 e. The number of aryl methyl sites for hydroxylation is 1. The average molecular weight is 596 g/mol. The molecule has 0 saturated heterocycles. The van der Waals surface area contributed by atoms with Crippen LogP contribution < -0.4 is 5.32 Å². The van der Waals surface area contributed by atoms with E-state index in [0.29, 0.717) is 43.9 Å². The molecule has 0 aromatic heterocycles. The van der Waals surface area contributed by atoms with Gasteiger partial charge in [-0.05, 0) is 62.1 Å². The lowest BCUT2D eigenvalue weighted by Crippen LogP contribution is -2.42. The number of hydrogen-bond donors (Lipinski definition) is 2. The van der Waals surface area contributed by atoms with E-state index in [2.05, 4.69) is 24.2 Å². The van der Waals surface area contributed by atoms with Gasteiger partial charge in [0.15, 0.2) is 0 Å². The Morgan fingerprint density at radius 1 is 1.02 bits per heavy atom. The highest BCUT2D eigenvalue weighted by atomic mass is 16.5. The number of urea groups is 1. The summed E-state index contributed by atoms with van der Waals surface area (Å²) in [7, 11) is 0. The van der Waals surface area contributed by atoms with Crippen molar-refractivity contribution in [3.8, 4) is 0 Å². The van der Waals surface area contributed by atoms with Crippen molar-refractivity contribution < 1.29 is 29.0 Å². The zero-order valence-corrected chi connectivity index (χ0v) is 26.1. The predicted molar refractivity (Wildman–Crippen MR) is 168 cm³/mol. The van der Waals surface area contributed by atoms with E-state index in [1.165, 1.54) is 6.08 Å². The summed E-state index contributed by atoms with van der Waals surface area (Å²) in [6, 6.07) is 15.4. The zero-order chi connectivity index (χ0) is 31.3. The SMILES string of the molecule is CCCCN=C=O.CCCCNC(=O)N(CCO[C@@H]1CCC[C@H](OCc2cccc(C)c2C(=O)O)C1)Cc1ccccc1. The van der Waals surface area contributed by atoms with Gasteiger partial charge >= 0.3 is 12.0 Å². The van der Waals surface area contributed by atoms with Crippen LogP contribution in [-0.2, 0) is 27.4 Å². The van der Waals surface area contributed by atoms with Crippen LogP contribution in [0.5, 0.6) is 0 Å². The number of carbonyl (C=O) groups excluding carboxylic acids is 2. The molecule has 0 aliphatic heterocycles. The number of carboxylic acid groups (broad SMARTS) is 1. The van der Waals surface area contributed by atoms with E-state index in [9.17, 15) is 19.5 Å². The van der Waals surface area contributed by atoms with Crippen molar-refractivity contribution in [1.29, 1.82) is 0 Å². The van der Waals surface area contributed by atoms with Gasteiger partial charge in [0, 0.05) is 19.6 Å². The Morgan fingerprint density at radius 2 is 1.74 bits per heavy atom. The molecular formula is C34H49N3O6. The third-order valence-electron chi connectivity index (χ3n) is 7.34. The van der Waals surface area contributed by atoms with Crippen molar-refractivity contribution in [3.05, 3.63) is 70.8 Å². The van der Waals surface area contributed by atoms with E-state index < -0.39 is 5.97 Å². The fourth-order valence-corrected chi connectivity index (χ4v) is 4.92. The van der Waals surface area contributed by atoms with Crippen molar-refractivity contribution >= 4 is 18.1 Å². The zero-order valence-electron chi connectivity index (χ0n) is 26.1. The molecule has 0 heterocycles. The normalized spacial score (nSPS) is 15.9. The first kappa shape index (κ1) is 35.7. The highest BCUT2D eigenvalue weighted by Crippen LogP contribution is 2.25. The first-order valence-corrected chi connectivity index (χ1v) is 15.5. The third-order valence-corrected chi connectivity index (χ3v) is 7.34. The highest BCUT2D eigenvalue weighted by molar-refractivity contribution is 5.91. The van der Waals surface area contributed by atoms with Gasteiger partial charge in [0.25, 0.3) is 0 Å². The molecule has 1 fully saturated rings. The van der Waals surface area contributed by atoms with E-state index in [1.54, 1.807) is 0 Å². The van der Waals surface area contributed by atoms with Gasteiger partial charge < -0.3 is 24.8 Å². The van der Waals surface area contributed by atoms with Crippen LogP contribution in [-0.4, -0.2) is 66.5 Å². The fraction of sp³-hybridized carbons (Fsp3) is 0.559. The van der Waals surface area contributed by atoms with Crippen molar-refractivity contribution in [2.24, 2.45) is 4.99 Å². The van der Waals surface area contributed by atoms with Crippen molar-refractivity contribution in [3.63, 3.8) is 0 Å². The summed E-state index contributed by atoms with van der Waals surface area (Å²) in [4.78, 5) is 39.0. The molecule has 43 heavy (non-hydrogen) atoms. The maximum Gasteiger partial charge on any atom is 0.336 e. The number of isocyanates is 1. The Balaban J connectivity index is 0.000000821. The molecule has 236 valence electrons. The first-order chi connectivity index (χ1) is 20.9. The molecule has 0 radical (unpaired) electrons.